The van der Waals surface area contributed by atoms with Crippen LogP contribution >= 0.6 is 0 Å². The largest absolute Gasteiger partial charge is 0.467 e. The molecule has 35 heavy (non-hydrogen) atoms. The molecule has 1 aliphatic heterocycles. The first-order chi connectivity index (χ1) is 17.0. The van der Waals surface area contributed by atoms with Crippen LogP contribution in [-0.2, 0) is 13.0 Å². The second-order valence-electron chi connectivity index (χ2n) is 8.42. The van der Waals surface area contributed by atoms with Gasteiger partial charge in [0.25, 0.3) is 17.7 Å². The first-order valence-corrected chi connectivity index (χ1v) is 11.4. The topological polar surface area (TPSA) is 97.4 Å². The number of aryl methyl sites for hydroxylation is 2. The summed E-state index contributed by atoms with van der Waals surface area (Å²) in [7, 11) is 0. The zero-order valence-electron chi connectivity index (χ0n) is 19.2. The monoisotopic (exact) mass is 468 g/mol. The van der Waals surface area contributed by atoms with E-state index in [1.54, 1.807) is 18.2 Å². The molecule has 1 aliphatic rings. The minimum Gasteiger partial charge on any atom is -0.467 e. The van der Waals surface area contributed by atoms with Gasteiger partial charge in [-0.25, -0.2) is 4.68 Å². The van der Waals surface area contributed by atoms with Crippen LogP contribution in [0.2, 0.25) is 0 Å². The van der Waals surface area contributed by atoms with Gasteiger partial charge in [0.1, 0.15) is 5.76 Å². The molecular weight excluding hydrogens is 444 g/mol. The molecule has 0 atom stereocenters. The number of hydrogen-bond donors (Lipinski definition) is 1. The fourth-order valence-corrected chi connectivity index (χ4v) is 4.17. The highest BCUT2D eigenvalue weighted by Gasteiger charge is 2.36. The Labute approximate surface area is 202 Å². The zero-order chi connectivity index (χ0) is 24.4. The number of aromatic nitrogens is 2. The molecule has 0 saturated carbocycles. The Balaban J connectivity index is 1.18. The maximum absolute atomic E-state index is 12.8. The molecule has 0 fully saturated rings. The molecular formula is C27H24N4O4. The Kier molecular flexibility index (Phi) is 6.01. The highest BCUT2D eigenvalue weighted by Crippen LogP contribution is 2.26. The third kappa shape index (κ3) is 4.50. The van der Waals surface area contributed by atoms with Crippen LogP contribution in [0.15, 0.2) is 77.5 Å². The second kappa shape index (κ2) is 9.42. The van der Waals surface area contributed by atoms with Crippen LogP contribution in [-0.4, -0.2) is 38.9 Å². The second-order valence-corrected chi connectivity index (χ2v) is 8.42. The first kappa shape index (κ1) is 22.3. The average Bonchev–Trinajstić information content (AvgIpc) is 3.58. The fraction of sp³-hybridized carbons (Fsp3) is 0.185. The molecule has 0 radical (unpaired) electrons. The minimum atomic E-state index is -0.429. The van der Waals surface area contributed by atoms with Crippen LogP contribution in [0.1, 0.15) is 54.5 Å². The van der Waals surface area contributed by atoms with Crippen LogP contribution in [0.3, 0.4) is 0 Å². The molecule has 0 unspecified atom stereocenters. The molecule has 0 aliphatic carbocycles. The number of fused-ring (bicyclic) bond motifs is 1. The van der Waals surface area contributed by atoms with Crippen molar-refractivity contribution in [3.05, 3.63) is 107 Å². The smallest absolute Gasteiger partial charge is 0.261 e. The molecule has 8 nitrogen and oxygen atoms in total. The van der Waals surface area contributed by atoms with Gasteiger partial charge in [-0.15, -0.1) is 0 Å². The van der Waals surface area contributed by atoms with E-state index in [-0.39, 0.29) is 23.9 Å². The minimum absolute atomic E-state index is 0.0567. The highest BCUT2D eigenvalue weighted by atomic mass is 16.3. The summed E-state index contributed by atoms with van der Waals surface area (Å²) in [6.45, 7) is 2.51. The number of amides is 3. The number of nitrogens with one attached hydrogen (secondary N) is 1. The lowest BCUT2D eigenvalue weighted by Crippen LogP contribution is -2.28. The maximum atomic E-state index is 12.8. The van der Waals surface area contributed by atoms with Crippen molar-refractivity contribution in [1.82, 2.24) is 20.0 Å². The summed E-state index contributed by atoms with van der Waals surface area (Å²) in [5, 5.41) is 7.48. The summed E-state index contributed by atoms with van der Waals surface area (Å²) in [5.41, 5.74) is 3.96. The van der Waals surface area contributed by atoms with Crippen LogP contribution in [0.4, 0.5) is 0 Å². The van der Waals surface area contributed by atoms with Crippen molar-refractivity contribution < 1.29 is 18.8 Å². The van der Waals surface area contributed by atoms with Crippen molar-refractivity contribution in [3.8, 4) is 5.69 Å². The number of rotatable bonds is 8. The van der Waals surface area contributed by atoms with Crippen LogP contribution in [0, 0.1) is 6.92 Å². The van der Waals surface area contributed by atoms with E-state index in [0.717, 1.165) is 34.7 Å². The van der Waals surface area contributed by atoms with Gasteiger partial charge in [0.05, 0.1) is 35.3 Å². The number of carbonyl (C=O) groups excluding carboxylic acids is 3. The SMILES string of the molecule is Cc1nn(-c2ccccc2)cc1CCCNC(=O)c1ccc2c(c1)C(=O)N(Cc1ccco1)C2=O. The Morgan fingerprint density at radius 1 is 1.00 bits per heavy atom. The molecule has 2 aromatic heterocycles. The van der Waals surface area contributed by atoms with Crippen molar-refractivity contribution in [2.24, 2.45) is 0 Å². The first-order valence-electron chi connectivity index (χ1n) is 11.4. The van der Waals surface area contributed by atoms with Gasteiger partial charge >= 0.3 is 0 Å². The van der Waals surface area contributed by atoms with Crippen molar-refractivity contribution in [3.63, 3.8) is 0 Å². The summed E-state index contributed by atoms with van der Waals surface area (Å²) in [6, 6.07) is 17.9. The lowest BCUT2D eigenvalue weighted by molar-refractivity contribution is 0.0631. The zero-order valence-corrected chi connectivity index (χ0v) is 19.2. The van der Waals surface area contributed by atoms with E-state index < -0.39 is 5.91 Å². The molecule has 0 bridgehead atoms. The molecule has 3 heterocycles. The van der Waals surface area contributed by atoms with Gasteiger partial charge in [0.2, 0.25) is 0 Å². The number of hydrogen-bond acceptors (Lipinski definition) is 5. The number of carbonyl (C=O) groups is 3. The Bertz CT molecular complexity index is 1390. The van der Waals surface area contributed by atoms with Crippen LogP contribution < -0.4 is 5.32 Å². The van der Waals surface area contributed by atoms with E-state index in [4.69, 9.17) is 4.42 Å². The predicted octanol–water partition coefficient (Wildman–Crippen LogP) is 3.93. The predicted molar refractivity (Wildman–Crippen MR) is 128 cm³/mol. The van der Waals surface area contributed by atoms with E-state index in [9.17, 15) is 14.4 Å². The van der Waals surface area contributed by atoms with Crippen molar-refractivity contribution >= 4 is 17.7 Å². The summed E-state index contributed by atoms with van der Waals surface area (Å²) >= 11 is 0. The molecule has 8 heteroatoms. The maximum Gasteiger partial charge on any atom is 0.261 e. The van der Waals surface area contributed by atoms with E-state index in [1.807, 2.05) is 48.1 Å². The van der Waals surface area contributed by atoms with Gasteiger partial charge in [-0.1, -0.05) is 18.2 Å². The summed E-state index contributed by atoms with van der Waals surface area (Å²) in [5.74, 6) is -0.585. The van der Waals surface area contributed by atoms with Gasteiger partial charge in [0.15, 0.2) is 0 Å². The van der Waals surface area contributed by atoms with Crippen molar-refractivity contribution in [1.29, 1.82) is 0 Å². The van der Waals surface area contributed by atoms with E-state index in [2.05, 4.69) is 10.4 Å². The van der Waals surface area contributed by atoms with Gasteiger partial charge < -0.3 is 9.73 Å². The van der Waals surface area contributed by atoms with Crippen molar-refractivity contribution in [2.45, 2.75) is 26.3 Å². The third-order valence-electron chi connectivity index (χ3n) is 6.06. The molecule has 2 aromatic carbocycles. The van der Waals surface area contributed by atoms with Gasteiger partial charge in [-0.3, -0.25) is 19.3 Å². The summed E-state index contributed by atoms with van der Waals surface area (Å²) < 4.78 is 7.12. The number of furan rings is 1. The van der Waals surface area contributed by atoms with Gasteiger partial charge in [0, 0.05) is 18.3 Å². The van der Waals surface area contributed by atoms with Crippen LogP contribution in [0.25, 0.3) is 5.69 Å². The Morgan fingerprint density at radius 3 is 2.57 bits per heavy atom. The van der Waals surface area contributed by atoms with Crippen LogP contribution in [0.5, 0.6) is 0 Å². The lowest BCUT2D eigenvalue weighted by atomic mass is 10.1. The van der Waals surface area contributed by atoms with E-state index in [0.29, 0.717) is 23.4 Å². The Morgan fingerprint density at radius 2 is 1.80 bits per heavy atom. The summed E-state index contributed by atoms with van der Waals surface area (Å²) in [6.07, 6.45) is 5.03. The molecule has 5 rings (SSSR count). The fourth-order valence-electron chi connectivity index (χ4n) is 4.17. The standard InChI is InChI=1S/C27H24N4O4/c1-18-20(16-31(29-18)21-8-3-2-4-9-21)7-5-13-28-25(32)19-11-12-23-24(15-19)27(34)30(26(23)33)17-22-10-6-14-35-22/h2-4,6,8-12,14-16H,5,7,13,17H2,1H3,(H,28,32). The molecule has 176 valence electrons. The molecule has 1 N–H and O–H groups in total. The quantitative estimate of drug-likeness (QED) is 0.312. The highest BCUT2D eigenvalue weighted by molar-refractivity contribution is 6.22. The third-order valence-corrected chi connectivity index (χ3v) is 6.06. The van der Waals surface area contributed by atoms with E-state index >= 15 is 0 Å². The van der Waals surface area contributed by atoms with E-state index in [1.165, 1.54) is 18.4 Å². The van der Waals surface area contributed by atoms with Crippen molar-refractivity contribution in [2.75, 3.05) is 6.54 Å². The Hall–Kier alpha value is -4.46. The molecule has 3 amide bonds. The number of imide groups is 1. The normalized spacial score (nSPS) is 12.8. The molecule has 0 saturated heterocycles. The van der Waals surface area contributed by atoms with Gasteiger partial charge in [-0.2, -0.15) is 5.10 Å². The number of benzene rings is 2. The molecule has 4 aromatic rings. The van der Waals surface area contributed by atoms with Gasteiger partial charge in [-0.05, 0) is 67.8 Å². The number of para-hydroxylation sites is 1. The molecule has 0 spiro atoms. The lowest BCUT2D eigenvalue weighted by Gasteiger charge is -2.11. The summed E-state index contributed by atoms with van der Waals surface area (Å²) in [4.78, 5) is 39.2. The average molecular weight is 469 g/mol. The number of nitrogens with zero attached hydrogens (tertiary/aromatic N) is 3.